The lowest BCUT2D eigenvalue weighted by atomic mass is 10.1. The highest BCUT2D eigenvalue weighted by Gasteiger charge is 2.38. The number of carbonyl (C=O) groups excluding carboxylic acids is 1. The van der Waals surface area contributed by atoms with Gasteiger partial charge < -0.3 is 30.7 Å². The SMILES string of the molecule is C#CCNCCCNC(=O)c1c(C)cc(Oc2nccn3c(-c4cn(CC(O)O)nc4C(F)(F)F)cnc23)cc1O. The van der Waals surface area contributed by atoms with Gasteiger partial charge in [-0.2, -0.15) is 18.3 Å². The number of nitrogens with zero attached hydrogens (tertiary/aromatic N) is 5. The summed E-state index contributed by atoms with van der Waals surface area (Å²) in [5.41, 5.74) is -1.06. The summed E-state index contributed by atoms with van der Waals surface area (Å²) < 4.78 is 49.1. The molecule has 0 unspecified atom stereocenters. The van der Waals surface area contributed by atoms with Crippen LogP contribution in [-0.4, -0.2) is 71.3 Å². The van der Waals surface area contributed by atoms with Gasteiger partial charge in [0.25, 0.3) is 11.8 Å². The Hall–Kier alpha value is -4.65. The number of halogens is 3. The van der Waals surface area contributed by atoms with Crippen LogP contribution in [0.25, 0.3) is 16.9 Å². The summed E-state index contributed by atoms with van der Waals surface area (Å²) in [5, 5.41) is 38.1. The summed E-state index contributed by atoms with van der Waals surface area (Å²) in [6.45, 7) is 2.43. The molecule has 0 aliphatic carbocycles. The number of phenols is 1. The average molecular weight is 574 g/mol. The second kappa shape index (κ2) is 12.3. The molecule has 5 N–H and O–H groups in total. The van der Waals surface area contributed by atoms with Gasteiger partial charge in [-0.25, -0.2) is 9.97 Å². The topological polar surface area (TPSA) is 159 Å². The molecule has 0 spiro atoms. The monoisotopic (exact) mass is 573 g/mol. The van der Waals surface area contributed by atoms with Crippen LogP contribution in [0.15, 0.2) is 36.9 Å². The number of aromatic nitrogens is 5. The molecule has 0 radical (unpaired) electrons. The number of nitrogens with one attached hydrogen (secondary N) is 2. The fourth-order valence-electron chi connectivity index (χ4n) is 4.11. The highest BCUT2D eigenvalue weighted by Crippen LogP contribution is 2.37. The summed E-state index contributed by atoms with van der Waals surface area (Å²) in [4.78, 5) is 20.9. The highest BCUT2D eigenvalue weighted by molar-refractivity contribution is 5.98. The summed E-state index contributed by atoms with van der Waals surface area (Å²) in [5.74, 6) is 1.66. The molecule has 4 rings (SSSR count). The van der Waals surface area contributed by atoms with E-state index in [9.17, 15) is 33.3 Å². The Morgan fingerprint density at radius 1 is 1.24 bits per heavy atom. The molecule has 3 aromatic heterocycles. The van der Waals surface area contributed by atoms with E-state index < -0.39 is 30.6 Å². The molecular formula is C26H26F3N7O5. The summed E-state index contributed by atoms with van der Waals surface area (Å²) in [6.07, 6.45) is 3.92. The number of aryl methyl sites for hydroxylation is 1. The van der Waals surface area contributed by atoms with Gasteiger partial charge >= 0.3 is 6.18 Å². The lowest BCUT2D eigenvalue weighted by Gasteiger charge is -2.13. The Morgan fingerprint density at radius 2 is 2.02 bits per heavy atom. The lowest BCUT2D eigenvalue weighted by molar-refractivity contribution is -0.141. The molecule has 41 heavy (non-hydrogen) atoms. The zero-order valence-electron chi connectivity index (χ0n) is 21.7. The number of fused-ring (bicyclic) bond motifs is 1. The molecule has 0 fully saturated rings. The van der Waals surface area contributed by atoms with Crippen LogP contribution in [-0.2, 0) is 12.7 Å². The number of carbonyl (C=O) groups is 1. The van der Waals surface area contributed by atoms with E-state index >= 15 is 0 Å². The van der Waals surface area contributed by atoms with E-state index in [4.69, 9.17) is 11.2 Å². The van der Waals surface area contributed by atoms with Crippen molar-refractivity contribution in [3.63, 3.8) is 0 Å². The van der Waals surface area contributed by atoms with E-state index in [1.165, 1.54) is 35.1 Å². The normalized spacial score (nSPS) is 11.7. The first-order valence-electron chi connectivity index (χ1n) is 12.3. The molecular weight excluding hydrogens is 547 g/mol. The van der Waals surface area contributed by atoms with E-state index in [1.54, 1.807) is 6.92 Å². The number of aliphatic hydroxyl groups is 2. The minimum absolute atomic E-state index is 0.00112. The molecule has 0 bridgehead atoms. The maximum absolute atomic E-state index is 13.7. The second-order valence-corrected chi connectivity index (χ2v) is 8.89. The van der Waals surface area contributed by atoms with Crippen molar-refractivity contribution in [2.24, 2.45) is 0 Å². The van der Waals surface area contributed by atoms with Crippen LogP contribution in [0.4, 0.5) is 13.2 Å². The zero-order valence-corrected chi connectivity index (χ0v) is 21.7. The molecule has 1 amide bonds. The van der Waals surface area contributed by atoms with Crippen LogP contribution in [0.3, 0.4) is 0 Å². The molecule has 0 saturated carbocycles. The molecule has 12 nitrogen and oxygen atoms in total. The highest BCUT2D eigenvalue weighted by atomic mass is 19.4. The number of aromatic hydroxyl groups is 1. The maximum Gasteiger partial charge on any atom is 0.435 e. The quantitative estimate of drug-likeness (QED) is 0.103. The van der Waals surface area contributed by atoms with Crippen molar-refractivity contribution >= 4 is 11.6 Å². The van der Waals surface area contributed by atoms with Gasteiger partial charge in [0.05, 0.1) is 36.1 Å². The van der Waals surface area contributed by atoms with Gasteiger partial charge in [0.2, 0.25) is 5.65 Å². The predicted octanol–water partition coefficient (Wildman–Crippen LogP) is 2.07. The summed E-state index contributed by atoms with van der Waals surface area (Å²) >= 11 is 0. The van der Waals surface area contributed by atoms with E-state index in [0.29, 0.717) is 31.6 Å². The summed E-state index contributed by atoms with van der Waals surface area (Å²) in [6, 6.07) is 2.72. The molecule has 3 heterocycles. The third-order valence-electron chi connectivity index (χ3n) is 5.82. The number of imidazole rings is 1. The van der Waals surface area contributed by atoms with Crippen LogP contribution >= 0.6 is 0 Å². The van der Waals surface area contributed by atoms with Crippen molar-refractivity contribution in [2.75, 3.05) is 19.6 Å². The maximum atomic E-state index is 13.7. The third-order valence-corrected chi connectivity index (χ3v) is 5.82. The summed E-state index contributed by atoms with van der Waals surface area (Å²) in [7, 11) is 0. The fourth-order valence-corrected chi connectivity index (χ4v) is 4.11. The third kappa shape index (κ3) is 6.74. The second-order valence-electron chi connectivity index (χ2n) is 8.89. The molecule has 0 aliphatic heterocycles. The first-order chi connectivity index (χ1) is 19.5. The van der Waals surface area contributed by atoms with E-state index in [1.807, 2.05) is 0 Å². The van der Waals surface area contributed by atoms with Gasteiger partial charge in [-0.15, -0.1) is 6.42 Å². The van der Waals surface area contributed by atoms with Crippen molar-refractivity contribution in [2.45, 2.75) is 32.4 Å². The molecule has 216 valence electrons. The number of hydrogen-bond acceptors (Lipinski definition) is 9. The van der Waals surface area contributed by atoms with E-state index in [-0.39, 0.29) is 39.8 Å². The van der Waals surface area contributed by atoms with Gasteiger partial charge in [0.1, 0.15) is 11.5 Å². The molecule has 0 atom stereocenters. The zero-order chi connectivity index (χ0) is 29.7. The number of aliphatic hydroxyl groups excluding tert-OH is 1. The first-order valence-corrected chi connectivity index (χ1v) is 12.3. The first kappa shape index (κ1) is 29.3. The van der Waals surface area contributed by atoms with Crippen LogP contribution in [0.2, 0.25) is 0 Å². The Kier molecular flexibility index (Phi) is 8.77. The van der Waals surface area contributed by atoms with E-state index in [2.05, 4.69) is 31.6 Å². The van der Waals surface area contributed by atoms with Crippen molar-refractivity contribution in [1.29, 1.82) is 0 Å². The van der Waals surface area contributed by atoms with Crippen LogP contribution in [0.1, 0.15) is 28.0 Å². The lowest BCUT2D eigenvalue weighted by Crippen LogP contribution is -2.28. The average Bonchev–Trinajstić information content (AvgIpc) is 3.50. The number of rotatable bonds is 11. The Morgan fingerprint density at radius 3 is 2.71 bits per heavy atom. The molecule has 0 saturated heterocycles. The Bertz CT molecular complexity index is 1570. The number of alkyl halides is 3. The van der Waals surface area contributed by atoms with Crippen molar-refractivity contribution in [1.82, 2.24) is 34.8 Å². The smallest absolute Gasteiger partial charge is 0.435 e. The molecule has 0 aliphatic rings. The number of hydrogen-bond donors (Lipinski definition) is 5. The number of benzene rings is 1. The minimum atomic E-state index is -4.83. The van der Waals surface area contributed by atoms with Gasteiger partial charge in [-0.05, 0) is 31.5 Å². The van der Waals surface area contributed by atoms with Gasteiger partial charge in [-0.1, -0.05) is 5.92 Å². The minimum Gasteiger partial charge on any atom is -0.507 e. The van der Waals surface area contributed by atoms with Crippen molar-refractivity contribution < 1.29 is 38.0 Å². The Labute approximate surface area is 231 Å². The standard InChI is InChI=1S/C26H26F3N7O5/c1-3-5-30-6-4-7-31-24(40)21-15(2)10-16(11-19(21)37)41-25-23-33-12-18(36(23)9-8-32-25)17-13-35(14-20(38)39)34-22(17)26(27,28)29/h1,8-13,20,30,37-39H,4-7,14H2,2H3,(H,31,40). The van der Waals surface area contributed by atoms with E-state index in [0.717, 1.165) is 10.9 Å². The van der Waals surface area contributed by atoms with Crippen LogP contribution in [0.5, 0.6) is 17.4 Å². The van der Waals surface area contributed by atoms with Crippen molar-refractivity contribution in [3.8, 4) is 41.0 Å². The largest absolute Gasteiger partial charge is 0.507 e. The van der Waals surface area contributed by atoms with Crippen LogP contribution in [0, 0.1) is 19.3 Å². The number of ether oxygens (including phenoxy) is 1. The van der Waals surface area contributed by atoms with Gasteiger partial charge in [0.15, 0.2) is 12.0 Å². The van der Waals surface area contributed by atoms with Gasteiger partial charge in [-0.3, -0.25) is 13.9 Å². The molecule has 15 heteroatoms. The number of amides is 1. The Balaban J connectivity index is 1.58. The van der Waals surface area contributed by atoms with Crippen molar-refractivity contribution in [3.05, 3.63) is 53.7 Å². The fraction of sp³-hybridized carbons (Fsp3) is 0.308. The number of terminal acetylenes is 1. The predicted molar refractivity (Wildman–Crippen MR) is 139 cm³/mol. The van der Waals surface area contributed by atoms with Gasteiger partial charge in [0, 0.05) is 31.2 Å². The molecule has 1 aromatic carbocycles. The number of phenolic OH excluding ortho intramolecular Hbond substituents is 1. The molecule has 4 aromatic rings. The van der Waals surface area contributed by atoms with Crippen LogP contribution < -0.4 is 15.4 Å².